The van der Waals surface area contributed by atoms with Crippen LogP contribution in [0.2, 0.25) is 0 Å². The van der Waals surface area contributed by atoms with Crippen LogP contribution in [0, 0.1) is 5.92 Å². The third-order valence-electron chi connectivity index (χ3n) is 5.08. The van der Waals surface area contributed by atoms with Crippen molar-refractivity contribution in [1.82, 2.24) is 4.90 Å². The van der Waals surface area contributed by atoms with Gasteiger partial charge < -0.3 is 15.4 Å². The summed E-state index contributed by atoms with van der Waals surface area (Å²) in [5.74, 6) is 2.37. The van der Waals surface area contributed by atoms with Crippen LogP contribution in [-0.2, 0) is 0 Å². The molecule has 3 nitrogen and oxygen atoms in total. The predicted octanol–water partition coefficient (Wildman–Crippen LogP) is 2.61. The number of nitrogens with zero attached hydrogens (tertiary/aromatic N) is 1. The first-order valence-electron chi connectivity index (χ1n) is 7.91. The van der Waals surface area contributed by atoms with E-state index < -0.39 is 0 Å². The van der Waals surface area contributed by atoms with Gasteiger partial charge in [0.2, 0.25) is 0 Å². The van der Waals surface area contributed by atoms with E-state index in [1.165, 1.54) is 24.8 Å². The van der Waals surface area contributed by atoms with Crippen molar-refractivity contribution in [2.24, 2.45) is 11.7 Å². The summed E-state index contributed by atoms with van der Waals surface area (Å²) < 4.78 is 5.76. The van der Waals surface area contributed by atoms with Crippen molar-refractivity contribution in [3.05, 3.63) is 29.8 Å². The molecule has 0 spiro atoms. The molecule has 0 aromatic heterocycles. The van der Waals surface area contributed by atoms with Gasteiger partial charge in [-0.3, -0.25) is 0 Å². The molecular formula is C17H26N2O. The number of para-hydroxylation sites is 1. The molecule has 1 aliphatic carbocycles. The van der Waals surface area contributed by atoms with Crippen LogP contribution >= 0.6 is 0 Å². The smallest absolute Gasteiger partial charge is 0.122 e. The molecule has 1 aromatic rings. The highest BCUT2D eigenvalue weighted by atomic mass is 16.5. The van der Waals surface area contributed by atoms with Crippen molar-refractivity contribution in [3.63, 3.8) is 0 Å². The summed E-state index contributed by atoms with van der Waals surface area (Å²) >= 11 is 0. The van der Waals surface area contributed by atoms with Gasteiger partial charge in [-0.15, -0.1) is 0 Å². The molecule has 3 unspecified atom stereocenters. The molecule has 1 heterocycles. The maximum absolute atomic E-state index is 5.93. The molecule has 3 heteroatoms. The topological polar surface area (TPSA) is 38.5 Å². The molecule has 110 valence electrons. The van der Waals surface area contributed by atoms with E-state index in [1.807, 2.05) is 0 Å². The lowest BCUT2D eigenvalue weighted by Gasteiger charge is -2.34. The summed E-state index contributed by atoms with van der Waals surface area (Å²) in [5.41, 5.74) is 7.31. The SMILES string of the molecule is CN(CC1CCOc2ccccc21)C1CCCC1CN. The summed E-state index contributed by atoms with van der Waals surface area (Å²) in [5, 5.41) is 0. The highest BCUT2D eigenvalue weighted by molar-refractivity contribution is 5.37. The van der Waals surface area contributed by atoms with Gasteiger partial charge >= 0.3 is 0 Å². The van der Waals surface area contributed by atoms with Gasteiger partial charge in [0.05, 0.1) is 6.61 Å². The minimum Gasteiger partial charge on any atom is -0.493 e. The van der Waals surface area contributed by atoms with Gasteiger partial charge in [0, 0.05) is 18.5 Å². The molecule has 1 fully saturated rings. The Labute approximate surface area is 122 Å². The van der Waals surface area contributed by atoms with Crippen LogP contribution in [0.3, 0.4) is 0 Å². The largest absolute Gasteiger partial charge is 0.493 e. The molecule has 2 N–H and O–H groups in total. The van der Waals surface area contributed by atoms with E-state index in [4.69, 9.17) is 10.5 Å². The lowest BCUT2D eigenvalue weighted by Crippen LogP contribution is -2.40. The summed E-state index contributed by atoms with van der Waals surface area (Å²) in [6.45, 7) is 2.81. The zero-order valence-electron chi connectivity index (χ0n) is 12.4. The summed E-state index contributed by atoms with van der Waals surface area (Å²) in [4.78, 5) is 2.55. The lowest BCUT2D eigenvalue weighted by molar-refractivity contribution is 0.170. The molecule has 20 heavy (non-hydrogen) atoms. The van der Waals surface area contributed by atoms with E-state index in [0.717, 1.165) is 31.9 Å². The Morgan fingerprint density at radius 1 is 1.25 bits per heavy atom. The summed E-state index contributed by atoms with van der Waals surface area (Å²) in [7, 11) is 2.27. The van der Waals surface area contributed by atoms with Crippen molar-refractivity contribution in [1.29, 1.82) is 0 Å². The van der Waals surface area contributed by atoms with E-state index in [1.54, 1.807) is 0 Å². The Morgan fingerprint density at radius 2 is 2.10 bits per heavy atom. The van der Waals surface area contributed by atoms with Gasteiger partial charge in [0.15, 0.2) is 0 Å². The molecule has 3 atom stereocenters. The Bertz CT molecular complexity index is 448. The first kappa shape index (κ1) is 13.9. The number of ether oxygens (including phenoxy) is 1. The first-order valence-corrected chi connectivity index (χ1v) is 7.91. The van der Waals surface area contributed by atoms with Gasteiger partial charge in [-0.1, -0.05) is 24.6 Å². The second kappa shape index (κ2) is 6.15. The third-order valence-corrected chi connectivity index (χ3v) is 5.08. The molecule has 2 aliphatic rings. The fraction of sp³-hybridized carbons (Fsp3) is 0.647. The van der Waals surface area contributed by atoms with Crippen LogP contribution in [-0.4, -0.2) is 37.7 Å². The number of nitrogens with two attached hydrogens (primary N) is 1. The Kier molecular flexibility index (Phi) is 4.27. The number of hydrogen-bond donors (Lipinski definition) is 1. The van der Waals surface area contributed by atoms with Crippen LogP contribution in [0.4, 0.5) is 0 Å². The first-order chi connectivity index (χ1) is 9.79. The van der Waals surface area contributed by atoms with Gasteiger partial charge in [-0.05, 0) is 50.4 Å². The number of benzene rings is 1. The van der Waals surface area contributed by atoms with Crippen molar-refractivity contribution in [3.8, 4) is 5.75 Å². The highest BCUT2D eigenvalue weighted by Crippen LogP contribution is 2.36. The van der Waals surface area contributed by atoms with E-state index in [2.05, 4.69) is 36.2 Å². The van der Waals surface area contributed by atoms with E-state index >= 15 is 0 Å². The monoisotopic (exact) mass is 274 g/mol. The van der Waals surface area contributed by atoms with E-state index in [-0.39, 0.29) is 0 Å². The van der Waals surface area contributed by atoms with Crippen molar-refractivity contribution < 1.29 is 4.74 Å². The van der Waals surface area contributed by atoms with Crippen LogP contribution in [0.5, 0.6) is 5.75 Å². The number of fused-ring (bicyclic) bond motifs is 1. The zero-order valence-corrected chi connectivity index (χ0v) is 12.4. The van der Waals surface area contributed by atoms with Crippen molar-refractivity contribution in [2.45, 2.75) is 37.6 Å². The molecule has 0 amide bonds. The van der Waals surface area contributed by atoms with Gasteiger partial charge in [-0.2, -0.15) is 0 Å². The average Bonchev–Trinajstić information content (AvgIpc) is 2.96. The van der Waals surface area contributed by atoms with Crippen LogP contribution in [0.15, 0.2) is 24.3 Å². The van der Waals surface area contributed by atoms with Crippen LogP contribution < -0.4 is 10.5 Å². The summed E-state index contributed by atoms with van der Waals surface area (Å²) in [6, 6.07) is 9.18. The van der Waals surface area contributed by atoms with Gasteiger partial charge in [0.25, 0.3) is 0 Å². The highest BCUT2D eigenvalue weighted by Gasteiger charge is 2.31. The Morgan fingerprint density at radius 3 is 2.95 bits per heavy atom. The standard InChI is InChI=1S/C17H26N2O/c1-19(16-7-4-5-13(16)11-18)12-14-9-10-20-17-8-3-2-6-15(14)17/h2-3,6,8,13-14,16H,4-5,7,9-12,18H2,1H3. The van der Waals surface area contributed by atoms with Crippen LogP contribution in [0.25, 0.3) is 0 Å². The maximum Gasteiger partial charge on any atom is 0.122 e. The van der Waals surface area contributed by atoms with Crippen molar-refractivity contribution in [2.75, 3.05) is 26.7 Å². The number of rotatable bonds is 4. The summed E-state index contributed by atoms with van der Waals surface area (Å²) in [6.07, 6.45) is 5.07. The molecule has 0 radical (unpaired) electrons. The molecule has 0 bridgehead atoms. The number of hydrogen-bond acceptors (Lipinski definition) is 3. The van der Waals surface area contributed by atoms with Gasteiger partial charge in [-0.25, -0.2) is 0 Å². The molecule has 0 saturated heterocycles. The molecule has 1 aliphatic heterocycles. The second-order valence-corrected chi connectivity index (χ2v) is 6.31. The number of likely N-dealkylation sites (N-methyl/N-ethyl adjacent to an activating group) is 1. The van der Waals surface area contributed by atoms with E-state index in [9.17, 15) is 0 Å². The maximum atomic E-state index is 5.93. The molecular weight excluding hydrogens is 248 g/mol. The molecule has 1 saturated carbocycles. The molecule has 3 rings (SSSR count). The van der Waals surface area contributed by atoms with Crippen LogP contribution in [0.1, 0.15) is 37.2 Å². The zero-order chi connectivity index (χ0) is 13.9. The third kappa shape index (κ3) is 2.70. The van der Waals surface area contributed by atoms with E-state index in [0.29, 0.717) is 17.9 Å². The predicted molar refractivity (Wildman–Crippen MR) is 82.1 cm³/mol. The lowest BCUT2D eigenvalue weighted by atomic mass is 9.91. The average molecular weight is 274 g/mol. The van der Waals surface area contributed by atoms with Crippen molar-refractivity contribution >= 4 is 0 Å². The fourth-order valence-corrected chi connectivity index (χ4v) is 3.96. The fourth-order valence-electron chi connectivity index (χ4n) is 3.96. The van der Waals surface area contributed by atoms with Gasteiger partial charge in [0.1, 0.15) is 5.75 Å². The Balaban J connectivity index is 1.69. The molecule has 1 aromatic carbocycles. The minimum absolute atomic E-state index is 0.601. The second-order valence-electron chi connectivity index (χ2n) is 6.31. The normalized spacial score (nSPS) is 29.2. The Hall–Kier alpha value is -1.06. The minimum atomic E-state index is 0.601. The quantitative estimate of drug-likeness (QED) is 0.917.